The van der Waals surface area contributed by atoms with Crippen LogP contribution in [0.15, 0.2) is 0 Å². The molecule has 1 saturated heterocycles. The van der Waals surface area contributed by atoms with Crippen LogP contribution in [0.25, 0.3) is 0 Å². The second-order valence-electron chi connectivity index (χ2n) is 3.09. The Labute approximate surface area is 73.7 Å². The summed E-state index contributed by atoms with van der Waals surface area (Å²) >= 11 is 0. The summed E-state index contributed by atoms with van der Waals surface area (Å²) in [5.74, 6) is -0.371. The van der Waals surface area contributed by atoms with E-state index in [9.17, 15) is 18.0 Å². The molecule has 3 nitrogen and oxygen atoms in total. The molecule has 6 heteroatoms. The van der Waals surface area contributed by atoms with E-state index in [0.29, 0.717) is 13.0 Å². The predicted octanol–water partition coefficient (Wildman–Crippen LogP) is 0.498. The molecule has 1 rings (SSSR count). The molecule has 1 fully saturated rings. The average molecular weight is 196 g/mol. The number of carbonyl (C=O) groups excluding carboxylic acids is 1. The summed E-state index contributed by atoms with van der Waals surface area (Å²) in [7, 11) is 0. The lowest BCUT2D eigenvalue weighted by Crippen LogP contribution is -2.35. The molecule has 0 saturated carbocycles. The third-order valence-corrected chi connectivity index (χ3v) is 2.00. The normalized spacial score (nSPS) is 24.2. The molecule has 0 bridgehead atoms. The van der Waals surface area contributed by atoms with Gasteiger partial charge in [-0.15, -0.1) is 0 Å². The molecule has 0 aliphatic carbocycles. The number of amides is 1. The van der Waals surface area contributed by atoms with E-state index in [-0.39, 0.29) is 12.5 Å². The first-order valence-corrected chi connectivity index (χ1v) is 4.01. The van der Waals surface area contributed by atoms with Gasteiger partial charge < -0.3 is 10.6 Å². The highest BCUT2D eigenvalue weighted by atomic mass is 19.4. The molecule has 1 unspecified atom stereocenters. The van der Waals surface area contributed by atoms with Crippen molar-refractivity contribution in [1.29, 1.82) is 0 Å². The lowest BCUT2D eigenvalue weighted by molar-refractivity contribution is -0.143. The van der Waals surface area contributed by atoms with Crippen LogP contribution in [0.5, 0.6) is 0 Å². The van der Waals surface area contributed by atoms with Gasteiger partial charge in [-0.2, -0.15) is 13.2 Å². The van der Waals surface area contributed by atoms with Crippen LogP contribution < -0.4 is 5.73 Å². The maximum Gasteiger partial charge on any atom is 0.390 e. The molecule has 1 aliphatic rings. The number of alkyl halides is 3. The molecule has 0 aromatic heterocycles. The van der Waals surface area contributed by atoms with Crippen molar-refractivity contribution in [2.75, 3.05) is 13.1 Å². The van der Waals surface area contributed by atoms with Gasteiger partial charge in [-0.05, 0) is 6.42 Å². The number of rotatable bonds is 2. The van der Waals surface area contributed by atoms with E-state index in [2.05, 4.69) is 0 Å². The summed E-state index contributed by atoms with van der Waals surface area (Å²) in [6.45, 7) is 0.0755. The second kappa shape index (κ2) is 3.53. The number of hydrogen-bond donors (Lipinski definition) is 1. The van der Waals surface area contributed by atoms with Crippen molar-refractivity contribution in [2.24, 2.45) is 5.73 Å². The zero-order valence-electron chi connectivity index (χ0n) is 6.97. The van der Waals surface area contributed by atoms with Gasteiger partial charge in [0.05, 0.1) is 12.5 Å². The van der Waals surface area contributed by atoms with Gasteiger partial charge in [-0.1, -0.05) is 0 Å². The van der Waals surface area contributed by atoms with E-state index in [4.69, 9.17) is 5.73 Å². The Morgan fingerprint density at radius 2 is 2.15 bits per heavy atom. The van der Waals surface area contributed by atoms with Gasteiger partial charge in [0.15, 0.2) is 0 Å². The molecule has 0 aromatic carbocycles. The Kier molecular flexibility index (Phi) is 2.80. The fraction of sp³-hybridized carbons (Fsp3) is 0.857. The fourth-order valence-electron chi connectivity index (χ4n) is 1.25. The van der Waals surface area contributed by atoms with Crippen molar-refractivity contribution in [2.45, 2.75) is 25.1 Å². The highest BCUT2D eigenvalue weighted by Crippen LogP contribution is 2.21. The highest BCUT2D eigenvalue weighted by Gasteiger charge is 2.33. The molecule has 1 atom stereocenters. The largest absolute Gasteiger partial charge is 0.390 e. The monoisotopic (exact) mass is 196 g/mol. The van der Waals surface area contributed by atoms with E-state index < -0.39 is 18.6 Å². The number of carbonyl (C=O) groups is 1. The predicted molar refractivity (Wildman–Crippen MR) is 39.8 cm³/mol. The van der Waals surface area contributed by atoms with Crippen LogP contribution in [0.2, 0.25) is 0 Å². The van der Waals surface area contributed by atoms with Crippen LogP contribution >= 0.6 is 0 Å². The molecule has 1 heterocycles. The van der Waals surface area contributed by atoms with E-state index >= 15 is 0 Å². The number of halogens is 3. The van der Waals surface area contributed by atoms with Crippen molar-refractivity contribution < 1.29 is 18.0 Å². The topological polar surface area (TPSA) is 46.3 Å². The molecule has 0 radical (unpaired) electrons. The van der Waals surface area contributed by atoms with Crippen LogP contribution in [-0.2, 0) is 4.79 Å². The van der Waals surface area contributed by atoms with Crippen LogP contribution in [0.1, 0.15) is 12.8 Å². The standard InChI is InChI=1S/C7H11F3N2O/c8-7(9,10)2-4-12-3-1-5(11)6(12)13/h5H,1-4,11H2. The molecule has 76 valence electrons. The smallest absolute Gasteiger partial charge is 0.341 e. The zero-order valence-corrected chi connectivity index (χ0v) is 6.97. The first-order chi connectivity index (χ1) is 5.90. The lowest BCUT2D eigenvalue weighted by Gasteiger charge is -2.16. The third-order valence-electron chi connectivity index (χ3n) is 2.00. The van der Waals surface area contributed by atoms with Crippen molar-refractivity contribution in [3.63, 3.8) is 0 Å². The van der Waals surface area contributed by atoms with Crippen molar-refractivity contribution >= 4 is 5.91 Å². The first kappa shape index (κ1) is 10.3. The summed E-state index contributed by atoms with van der Waals surface area (Å²) in [5.41, 5.74) is 5.34. The molecule has 2 N–H and O–H groups in total. The number of nitrogens with zero attached hydrogens (tertiary/aromatic N) is 1. The molecule has 1 amide bonds. The Morgan fingerprint density at radius 3 is 2.54 bits per heavy atom. The lowest BCUT2D eigenvalue weighted by atomic mass is 10.3. The van der Waals surface area contributed by atoms with Gasteiger partial charge in [0, 0.05) is 13.1 Å². The quantitative estimate of drug-likeness (QED) is 0.699. The van der Waals surface area contributed by atoms with E-state index in [1.54, 1.807) is 0 Å². The number of nitrogens with two attached hydrogens (primary N) is 1. The van der Waals surface area contributed by atoms with E-state index in [1.807, 2.05) is 0 Å². The SMILES string of the molecule is NC1CCN(CCC(F)(F)F)C1=O. The summed E-state index contributed by atoms with van der Waals surface area (Å²) in [6, 6.07) is -0.603. The minimum Gasteiger partial charge on any atom is -0.341 e. The van der Waals surface area contributed by atoms with Crippen LogP contribution in [-0.4, -0.2) is 36.1 Å². The van der Waals surface area contributed by atoms with E-state index in [0.717, 1.165) is 4.90 Å². The van der Waals surface area contributed by atoms with Crippen molar-refractivity contribution in [3.05, 3.63) is 0 Å². The molecule has 0 aromatic rings. The summed E-state index contributed by atoms with van der Waals surface area (Å²) < 4.78 is 35.3. The van der Waals surface area contributed by atoms with Gasteiger partial charge in [-0.3, -0.25) is 4.79 Å². The van der Waals surface area contributed by atoms with Gasteiger partial charge in [0.2, 0.25) is 5.91 Å². The van der Waals surface area contributed by atoms with Gasteiger partial charge in [0.1, 0.15) is 0 Å². The zero-order chi connectivity index (χ0) is 10.1. The minimum absolute atomic E-state index is 0.268. The van der Waals surface area contributed by atoms with Crippen LogP contribution in [0, 0.1) is 0 Å². The van der Waals surface area contributed by atoms with Crippen LogP contribution in [0.4, 0.5) is 13.2 Å². The van der Waals surface area contributed by atoms with Gasteiger partial charge in [0.25, 0.3) is 0 Å². The fourth-order valence-corrected chi connectivity index (χ4v) is 1.25. The number of likely N-dealkylation sites (tertiary alicyclic amines) is 1. The Balaban J connectivity index is 2.35. The third kappa shape index (κ3) is 2.87. The maximum absolute atomic E-state index is 11.8. The average Bonchev–Trinajstić information content (AvgIpc) is 2.29. The summed E-state index contributed by atoms with van der Waals surface area (Å²) in [4.78, 5) is 12.2. The molecular formula is C7H11F3N2O. The van der Waals surface area contributed by atoms with Crippen molar-refractivity contribution in [1.82, 2.24) is 4.90 Å². The Hall–Kier alpha value is -0.780. The van der Waals surface area contributed by atoms with Gasteiger partial charge in [-0.25, -0.2) is 0 Å². The van der Waals surface area contributed by atoms with Crippen LogP contribution in [0.3, 0.4) is 0 Å². The summed E-state index contributed by atoms with van der Waals surface area (Å²) in [6.07, 6.45) is -4.70. The Bertz CT molecular complexity index is 204. The number of hydrogen-bond acceptors (Lipinski definition) is 2. The highest BCUT2D eigenvalue weighted by molar-refractivity contribution is 5.83. The molecule has 1 aliphatic heterocycles. The van der Waals surface area contributed by atoms with Gasteiger partial charge >= 0.3 is 6.18 Å². The Morgan fingerprint density at radius 1 is 1.54 bits per heavy atom. The summed E-state index contributed by atoms with van der Waals surface area (Å²) in [5, 5.41) is 0. The molecule has 0 spiro atoms. The molecule has 13 heavy (non-hydrogen) atoms. The first-order valence-electron chi connectivity index (χ1n) is 4.01. The maximum atomic E-state index is 11.8. The molecular weight excluding hydrogens is 185 g/mol. The minimum atomic E-state index is -4.20. The van der Waals surface area contributed by atoms with E-state index in [1.165, 1.54) is 0 Å². The van der Waals surface area contributed by atoms with Crippen molar-refractivity contribution in [3.8, 4) is 0 Å². The second-order valence-corrected chi connectivity index (χ2v) is 3.09.